The van der Waals surface area contributed by atoms with Crippen molar-refractivity contribution in [3.05, 3.63) is 70.5 Å². The van der Waals surface area contributed by atoms with E-state index in [0.29, 0.717) is 5.71 Å². The molecule has 0 radical (unpaired) electrons. The van der Waals surface area contributed by atoms with Crippen LogP contribution in [0.2, 0.25) is 0 Å². The zero-order valence-electron chi connectivity index (χ0n) is 15.2. The van der Waals surface area contributed by atoms with Gasteiger partial charge in [-0.1, -0.05) is 18.2 Å². The fourth-order valence-electron chi connectivity index (χ4n) is 3.10. The minimum Gasteiger partial charge on any atom is -0.343 e. The van der Waals surface area contributed by atoms with E-state index in [4.69, 9.17) is 0 Å². The van der Waals surface area contributed by atoms with Crippen LogP contribution in [0.3, 0.4) is 0 Å². The molecule has 1 aliphatic rings. The molecule has 6 heteroatoms. The summed E-state index contributed by atoms with van der Waals surface area (Å²) in [6, 6.07) is 11.6. The molecule has 0 unspecified atom stereocenters. The monoisotopic (exact) mass is 367 g/mol. The summed E-state index contributed by atoms with van der Waals surface area (Å²) in [7, 11) is 0. The van der Waals surface area contributed by atoms with Gasteiger partial charge in [-0.2, -0.15) is 5.10 Å². The van der Waals surface area contributed by atoms with Gasteiger partial charge in [0.05, 0.1) is 12.3 Å². The molecule has 2 amide bonds. The molecule has 2 aromatic rings. The average molecular weight is 367 g/mol. The first-order chi connectivity index (χ1) is 13.0. The van der Waals surface area contributed by atoms with Crippen molar-refractivity contribution in [2.24, 2.45) is 5.10 Å². The number of hydrogen-bond donors (Lipinski definition) is 2. The third-order valence-electron chi connectivity index (χ3n) is 4.61. The van der Waals surface area contributed by atoms with Crippen molar-refractivity contribution in [2.45, 2.75) is 32.6 Å². The zero-order valence-corrected chi connectivity index (χ0v) is 15.2. The van der Waals surface area contributed by atoms with Gasteiger partial charge in [0.2, 0.25) is 0 Å². The normalized spacial score (nSPS) is 13.6. The number of rotatable bonds is 5. The van der Waals surface area contributed by atoms with Gasteiger partial charge in [0.25, 0.3) is 11.8 Å². The van der Waals surface area contributed by atoms with Crippen molar-refractivity contribution in [1.29, 1.82) is 0 Å². The van der Waals surface area contributed by atoms with Crippen LogP contribution in [0.15, 0.2) is 47.6 Å². The lowest BCUT2D eigenvalue weighted by atomic mass is 9.90. The molecule has 0 heterocycles. The maximum Gasteiger partial charge on any atom is 0.259 e. The molecule has 0 spiro atoms. The second-order valence-corrected chi connectivity index (χ2v) is 6.62. The summed E-state index contributed by atoms with van der Waals surface area (Å²) < 4.78 is 13.1. The second kappa shape index (κ2) is 8.58. The summed E-state index contributed by atoms with van der Waals surface area (Å²) in [6.45, 7) is 1.59. The highest BCUT2D eigenvalue weighted by molar-refractivity contribution is 6.00. The fourth-order valence-corrected chi connectivity index (χ4v) is 3.10. The van der Waals surface area contributed by atoms with Gasteiger partial charge < -0.3 is 5.32 Å². The van der Waals surface area contributed by atoms with E-state index in [1.165, 1.54) is 42.2 Å². The molecule has 0 atom stereocenters. The zero-order chi connectivity index (χ0) is 19.2. The number of halogens is 1. The minimum absolute atomic E-state index is 0.163. The van der Waals surface area contributed by atoms with Crippen LogP contribution in [-0.2, 0) is 17.6 Å². The molecule has 0 saturated carbocycles. The Morgan fingerprint density at radius 2 is 1.81 bits per heavy atom. The first-order valence-electron chi connectivity index (χ1n) is 9.02. The molecule has 0 saturated heterocycles. The predicted octanol–water partition coefficient (Wildman–Crippen LogP) is 2.97. The largest absolute Gasteiger partial charge is 0.343 e. The van der Waals surface area contributed by atoms with E-state index in [1.807, 2.05) is 13.0 Å². The van der Waals surface area contributed by atoms with Gasteiger partial charge in [-0.3, -0.25) is 9.59 Å². The minimum atomic E-state index is -0.514. The van der Waals surface area contributed by atoms with Gasteiger partial charge in [-0.15, -0.1) is 0 Å². The molecule has 3 rings (SSSR count). The van der Waals surface area contributed by atoms with Gasteiger partial charge in [0.15, 0.2) is 0 Å². The van der Waals surface area contributed by atoms with Gasteiger partial charge in [0.1, 0.15) is 5.82 Å². The molecule has 2 N–H and O–H groups in total. The van der Waals surface area contributed by atoms with Crippen LogP contribution in [0.1, 0.15) is 46.8 Å². The van der Waals surface area contributed by atoms with Crippen molar-refractivity contribution in [3.63, 3.8) is 0 Å². The van der Waals surface area contributed by atoms with Crippen LogP contribution in [-0.4, -0.2) is 24.1 Å². The quantitative estimate of drug-likeness (QED) is 0.630. The Kier molecular flexibility index (Phi) is 5.96. The molecule has 140 valence electrons. The molecular formula is C21H22FN3O2. The molecular weight excluding hydrogens is 345 g/mol. The Bertz CT molecular complexity index is 893. The van der Waals surface area contributed by atoms with E-state index in [1.54, 1.807) is 0 Å². The number of fused-ring (bicyclic) bond motifs is 1. The fraction of sp³-hybridized carbons (Fsp3) is 0.286. The SMILES string of the molecule is C/C(=N\NC(=O)CNC(=O)c1cccc(F)c1)c1ccc2c(c1)CCCC2. The number of hydrazone groups is 1. The Balaban J connectivity index is 1.54. The Hall–Kier alpha value is -3.02. The lowest BCUT2D eigenvalue weighted by Gasteiger charge is -2.16. The first kappa shape index (κ1) is 18.8. The standard InChI is InChI=1S/C21H22FN3O2/c1-14(16-10-9-15-5-2-3-6-17(15)11-16)24-25-20(26)13-23-21(27)18-7-4-8-19(22)12-18/h4,7-12H,2-3,5-6,13H2,1H3,(H,23,27)(H,25,26)/b24-14+. The second-order valence-electron chi connectivity index (χ2n) is 6.62. The Morgan fingerprint density at radius 3 is 2.59 bits per heavy atom. The smallest absolute Gasteiger partial charge is 0.259 e. The topological polar surface area (TPSA) is 70.6 Å². The van der Waals surface area contributed by atoms with Crippen LogP contribution in [0.4, 0.5) is 4.39 Å². The van der Waals surface area contributed by atoms with E-state index in [9.17, 15) is 14.0 Å². The maximum atomic E-state index is 13.1. The number of aryl methyl sites for hydroxylation is 2. The van der Waals surface area contributed by atoms with Crippen LogP contribution in [0.5, 0.6) is 0 Å². The Labute approximate surface area is 157 Å². The molecule has 2 aromatic carbocycles. The van der Waals surface area contributed by atoms with Gasteiger partial charge in [-0.25, -0.2) is 9.82 Å². The molecule has 0 fully saturated rings. The summed E-state index contributed by atoms with van der Waals surface area (Å²) in [5.41, 5.74) is 7.02. The van der Waals surface area contributed by atoms with E-state index >= 15 is 0 Å². The van der Waals surface area contributed by atoms with Crippen LogP contribution >= 0.6 is 0 Å². The molecule has 1 aliphatic carbocycles. The molecule has 0 aromatic heterocycles. The van der Waals surface area contributed by atoms with Crippen molar-refractivity contribution in [2.75, 3.05) is 6.54 Å². The van der Waals surface area contributed by atoms with Gasteiger partial charge in [-0.05, 0) is 73.6 Å². The van der Waals surface area contributed by atoms with Crippen LogP contribution in [0.25, 0.3) is 0 Å². The molecule has 0 bridgehead atoms. The summed E-state index contributed by atoms with van der Waals surface area (Å²) in [5, 5.41) is 6.56. The lowest BCUT2D eigenvalue weighted by Crippen LogP contribution is -2.35. The van der Waals surface area contributed by atoms with E-state index in [2.05, 4.69) is 28.0 Å². The molecule has 0 aliphatic heterocycles. The summed E-state index contributed by atoms with van der Waals surface area (Å²) in [4.78, 5) is 23.8. The Morgan fingerprint density at radius 1 is 1.04 bits per heavy atom. The molecule has 5 nitrogen and oxygen atoms in total. The predicted molar refractivity (Wildman–Crippen MR) is 102 cm³/mol. The molecule has 27 heavy (non-hydrogen) atoms. The number of hydrogen-bond acceptors (Lipinski definition) is 3. The third-order valence-corrected chi connectivity index (χ3v) is 4.61. The summed E-state index contributed by atoms with van der Waals surface area (Å²) in [6.07, 6.45) is 4.63. The lowest BCUT2D eigenvalue weighted by molar-refractivity contribution is -0.120. The summed E-state index contributed by atoms with van der Waals surface area (Å²) >= 11 is 0. The van der Waals surface area contributed by atoms with Gasteiger partial charge in [0, 0.05) is 5.56 Å². The van der Waals surface area contributed by atoms with Gasteiger partial charge >= 0.3 is 0 Å². The van der Waals surface area contributed by atoms with Crippen LogP contribution < -0.4 is 10.7 Å². The highest BCUT2D eigenvalue weighted by Crippen LogP contribution is 2.22. The number of carbonyl (C=O) groups is 2. The van der Waals surface area contributed by atoms with Crippen LogP contribution in [0, 0.1) is 5.82 Å². The highest BCUT2D eigenvalue weighted by atomic mass is 19.1. The average Bonchev–Trinajstić information content (AvgIpc) is 2.69. The number of carbonyl (C=O) groups excluding carboxylic acids is 2. The van der Waals surface area contributed by atoms with Crippen molar-refractivity contribution in [1.82, 2.24) is 10.7 Å². The highest BCUT2D eigenvalue weighted by Gasteiger charge is 2.11. The van der Waals surface area contributed by atoms with Crippen molar-refractivity contribution < 1.29 is 14.0 Å². The number of benzene rings is 2. The summed E-state index contributed by atoms with van der Waals surface area (Å²) in [5.74, 6) is -1.46. The van der Waals surface area contributed by atoms with Crippen molar-refractivity contribution in [3.8, 4) is 0 Å². The van der Waals surface area contributed by atoms with Crippen molar-refractivity contribution >= 4 is 17.5 Å². The van der Waals surface area contributed by atoms with E-state index in [-0.39, 0.29) is 12.1 Å². The van der Waals surface area contributed by atoms with E-state index < -0.39 is 17.6 Å². The maximum absolute atomic E-state index is 13.1. The van der Waals surface area contributed by atoms with E-state index in [0.717, 1.165) is 24.5 Å². The first-order valence-corrected chi connectivity index (χ1v) is 9.02. The number of nitrogens with zero attached hydrogens (tertiary/aromatic N) is 1. The number of amides is 2. The third kappa shape index (κ3) is 5.00. The number of nitrogens with one attached hydrogen (secondary N) is 2.